The van der Waals surface area contributed by atoms with E-state index in [9.17, 15) is 9.59 Å². The first-order chi connectivity index (χ1) is 13.2. The van der Waals surface area contributed by atoms with Gasteiger partial charge in [-0.3, -0.25) is 19.5 Å². The monoisotopic (exact) mass is 362 g/mol. The van der Waals surface area contributed by atoms with Gasteiger partial charge < -0.3 is 0 Å². The largest absolute Gasteiger partial charge is 0.271 e. The predicted octanol–water partition coefficient (Wildman–Crippen LogP) is 2.30. The van der Waals surface area contributed by atoms with Gasteiger partial charge in [0.05, 0.1) is 11.1 Å². The lowest BCUT2D eigenvalue weighted by molar-refractivity contribution is -0.0843. The predicted molar refractivity (Wildman–Crippen MR) is 96.9 cm³/mol. The van der Waals surface area contributed by atoms with Crippen LogP contribution in [0.3, 0.4) is 0 Å². The van der Waals surface area contributed by atoms with Crippen LogP contribution < -0.4 is 5.48 Å². The number of nitrogens with one attached hydrogen (secondary N) is 1. The highest BCUT2D eigenvalue weighted by molar-refractivity contribution is 6.21. The Labute approximate surface area is 156 Å². The standard InChI is InChI=1S/C20H18N4O3/c25-18-15-3-1-2-4-16(15)19(26)24(18)14-5-9-20(10-6-14)22-17(23-27-20)13-7-11-21-12-8-13/h1-4,7-8,11-12,14H,5-6,9-10H2,(H,22,23). The van der Waals surface area contributed by atoms with Crippen LogP contribution in [0.1, 0.15) is 52.0 Å². The molecule has 136 valence electrons. The van der Waals surface area contributed by atoms with Crippen molar-refractivity contribution in [3.05, 3.63) is 65.5 Å². The van der Waals surface area contributed by atoms with Crippen LogP contribution in [0.25, 0.3) is 0 Å². The van der Waals surface area contributed by atoms with Crippen molar-refractivity contribution in [2.24, 2.45) is 4.99 Å². The van der Waals surface area contributed by atoms with E-state index in [0.717, 1.165) is 5.56 Å². The van der Waals surface area contributed by atoms with E-state index < -0.39 is 5.72 Å². The smallest absolute Gasteiger partial charge is 0.261 e. The van der Waals surface area contributed by atoms with Gasteiger partial charge in [0, 0.05) is 36.8 Å². The third-order valence-corrected chi connectivity index (χ3v) is 5.53. The maximum absolute atomic E-state index is 12.7. The minimum absolute atomic E-state index is 0.119. The minimum atomic E-state index is -0.631. The summed E-state index contributed by atoms with van der Waals surface area (Å²) < 4.78 is 0. The van der Waals surface area contributed by atoms with Crippen molar-refractivity contribution in [2.45, 2.75) is 37.5 Å². The Morgan fingerprint density at radius 2 is 1.63 bits per heavy atom. The van der Waals surface area contributed by atoms with Gasteiger partial charge >= 0.3 is 0 Å². The van der Waals surface area contributed by atoms with Crippen LogP contribution in [0.15, 0.2) is 53.8 Å². The van der Waals surface area contributed by atoms with E-state index in [1.807, 2.05) is 12.1 Å². The summed E-state index contributed by atoms with van der Waals surface area (Å²) in [5.74, 6) is 0.308. The molecule has 3 heterocycles. The number of amides is 2. The van der Waals surface area contributed by atoms with E-state index in [2.05, 4.69) is 10.5 Å². The summed E-state index contributed by atoms with van der Waals surface area (Å²) in [6.45, 7) is 0. The van der Waals surface area contributed by atoms with Crippen molar-refractivity contribution >= 4 is 17.6 Å². The molecule has 0 bridgehead atoms. The molecule has 1 fully saturated rings. The van der Waals surface area contributed by atoms with Crippen molar-refractivity contribution in [3.8, 4) is 0 Å². The average Bonchev–Trinajstić information content (AvgIpc) is 3.24. The van der Waals surface area contributed by atoms with Crippen LogP contribution in [0.5, 0.6) is 0 Å². The number of rotatable bonds is 2. The number of hydrogen-bond acceptors (Lipinski definition) is 6. The molecule has 3 aliphatic rings. The Bertz CT molecular complexity index is 914. The number of carbonyl (C=O) groups is 2. The molecule has 1 spiro atoms. The number of nitrogens with zero attached hydrogens (tertiary/aromatic N) is 3. The van der Waals surface area contributed by atoms with Gasteiger partial charge in [-0.1, -0.05) is 12.1 Å². The van der Waals surface area contributed by atoms with E-state index >= 15 is 0 Å². The fourth-order valence-electron chi connectivity index (χ4n) is 4.09. The van der Waals surface area contributed by atoms with E-state index in [-0.39, 0.29) is 17.9 Å². The molecular formula is C20H18N4O3. The highest BCUT2D eigenvalue weighted by Gasteiger charge is 2.46. The van der Waals surface area contributed by atoms with Gasteiger partial charge in [0.2, 0.25) is 0 Å². The number of imide groups is 1. The molecule has 0 radical (unpaired) electrons. The fourth-order valence-corrected chi connectivity index (χ4v) is 4.09. The molecule has 1 aromatic heterocycles. The number of aromatic nitrogens is 1. The van der Waals surface area contributed by atoms with Gasteiger partial charge in [-0.05, 0) is 37.1 Å². The molecule has 1 aromatic carbocycles. The summed E-state index contributed by atoms with van der Waals surface area (Å²) in [6, 6.07) is 10.6. The Morgan fingerprint density at radius 1 is 1.00 bits per heavy atom. The molecule has 0 atom stereocenters. The highest BCUT2D eigenvalue weighted by atomic mass is 16.7. The van der Waals surface area contributed by atoms with E-state index in [1.165, 1.54) is 4.90 Å². The quantitative estimate of drug-likeness (QED) is 0.829. The van der Waals surface area contributed by atoms with Crippen LogP contribution in [-0.4, -0.2) is 39.3 Å². The minimum Gasteiger partial charge on any atom is -0.271 e. The number of aliphatic imine (C=N–C) groups is 1. The maximum atomic E-state index is 12.7. The van der Waals surface area contributed by atoms with Crippen LogP contribution in [0.2, 0.25) is 0 Å². The lowest BCUT2D eigenvalue weighted by atomic mass is 9.87. The zero-order chi connectivity index (χ0) is 18.4. The highest BCUT2D eigenvalue weighted by Crippen LogP contribution is 2.39. The molecule has 1 N–H and O–H groups in total. The normalized spacial score (nSPS) is 26.9. The molecule has 2 amide bonds. The van der Waals surface area contributed by atoms with Crippen molar-refractivity contribution in [3.63, 3.8) is 0 Å². The third kappa shape index (κ3) is 2.54. The molecule has 7 heteroatoms. The molecule has 5 rings (SSSR count). The number of benzene rings is 1. The van der Waals surface area contributed by atoms with Crippen LogP contribution in [0.4, 0.5) is 0 Å². The SMILES string of the molecule is O=C1c2ccccc2C(=O)N1C1CCC2(CC1)N=C(c1ccncc1)NO2. The first-order valence-electron chi connectivity index (χ1n) is 9.08. The second-order valence-electron chi connectivity index (χ2n) is 7.10. The summed E-state index contributed by atoms with van der Waals surface area (Å²) in [6.07, 6.45) is 6.05. The Hall–Kier alpha value is -3.06. The summed E-state index contributed by atoms with van der Waals surface area (Å²) >= 11 is 0. The van der Waals surface area contributed by atoms with Crippen molar-refractivity contribution in [1.29, 1.82) is 0 Å². The second-order valence-corrected chi connectivity index (χ2v) is 7.10. The van der Waals surface area contributed by atoms with Gasteiger partial charge in [0.1, 0.15) is 0 Å². The van der Waals surface area contributed by atoms with Crippen LogP contribution in [0, 0.1) is 0 Å². The average molecular weight is 362 g/mol. The molecule has 0 saturated heterocycles. The van der Waals surface area contributed by atoms with Crippen LogP contribution >= 0.6 is 0 Å². The molecule has 7 nitrogen and oxygen atoms in total. The number of pyridine rings is 1. The van der Waals surface area contributed by atoms with E-state index in [1.54, 1.807) is 36.7 Å². The van der Waals surface area contributed by atoms with Gasteiger partial charge in [-0.15, -0.1) is 0 Å². The first-order valence-corrected chi connectivity index (χ1v) is 9.08. The molecule has 27 heavy (non-hydrogen) atoms. The second kappa shape index (κ2) is 5.99. The molecular weight excluding hydrogens is 344 g/mol. The Balaban J connectivity index is 1.32. The fraction of sp³-hybridized carbons (Fsp3) is 0.300. The van der Waals surface area contributed by atoms with E-state index in [4.69, 9.17) is 9.83 Å². The summed E-state index contributed by atoms with van der Waals surface area (Å²) in [5.41, 5.74) is 4.21. The maximum Gasteiger partial charge on any atom is 0.261 e. The zero-order valence-corrected chi connectivity index (χ0v) is 14.6. The first kappa shape index (κ1) is 16.1. The molecule has 2 aliphatic heterocycles. The molecule has 1 saturated carbocycles. The van der Waals surface area contributed by atoms with Gasteiger partial charge in [-0.2, -0.15) is 0 Å². The zero-order valence-electron chi connectivity index (χ0n) is 14.6. The molecule has 1 aliphatic carbocycles. The number of fused-ring (bicyclic) bond motifs is 1. The Kier molecular flexibility index (Phi) is 3.58. The Morgan fingerprint density at radius 3 is 2.26 bits per heavy atom. The lowest BCUT2D eigenvalue weighted by Crippen LogP contribution is -2.46. The topological polar surface area (TPSA) is 83.9 Å². The number of hydroxylamine groups is 1. The van der Waals surface area contributed by atoms with Crippen LogP contribution in [-0.2, 0) is 4.84 Å². The third-order valence-electron chi connectivity index (χ3n) is 5.53. The summed E-state index contributed by atoms with van der Waals surface area (Å²) in [5, 5.41) is 0. The van der Waals surface area contributed by atoms with Gasteiger partial charge in [-0.25, -0.2) is 15.3 Å². The molecule has 2 aromatic rings. The van der Waals surface area contributed by atoms with Crippen molar-refractivity contribution in [1.82, 2.24) is 15.4 Å². The number of hydrogen-bond donors (Lipinski definition) is 1. The van der Waals surface area contributed by atoms with Gasteiger partial charge in [0.25, 0.3) is 11.8 Å². The van der Waals surface area contributed by atoms with Crippen molar-refractivity contribution in [2.75, 3.05) is 0 Å². The number of carbonyl (C=O) groups excluding carboxylic acids is 2. The van der Waals surface area contributed by atoms with Gasteiger partial charge in [0.15, 0.2) is 11.6 Å². The summed E-state index contributed by atoms with van der Waals surface area (Å²) in [7, 11) is 0. The number of amidine groups is 1. The van der Waals surface area contributed by atoms with Crippen molar-refractivity contribution < 1.29 is 14.4 Å². The summed E-state index contributed by atoms with van der Waals surface area (Å²) in [4.78, 5) is 41.4. The molecule has 0 unspecified atom stereocenters. The lowest BCUT2D eigenvalue weighted by Gasteiger charge is -2.36. The van der Waals surface area contributed by atoms with E-state index in [0.29, 0.717) is 42.6 Å².